The Morgan fingerprint density at radius 3 is 2.60 bits per heavy atom. The van der Waals surface area contributed by atoms with Gasteiger partial charge in [0.1, 0.15) is 5.75 Å². The quantitative estimate of drug-likeness (QED) is 0.812. The number of rotatable bonds is 7. The summed E-state index contributed by atoms with van der Waals surface area (Å²) in [7, 11) is 0. The van der Waals surface area contributed by atoms with Crippen LogP contribution in [0.3, 0.4) is 0 Å². The molecule has 1 aliphatic carbocycles. The summed E-state index contributed by atoms with van der Waals surface area (Å²) < 4.78 is 0. The van der Waals surface area contributed by atoms with Crippen LogP contribution in [0, 0.1) is 5.92 Å². The molecule has 0 atom stereocenters. The Morgan fingerprint density at radius 1 is 1.35 bits per heavy atom. The van der Waals surface area contributed by atoms with Gasteiger partial charge < -0.3 is 10.4 Å². The van der Waals surface area contributed by atoms with E-state index >= 15 is 0 Å². The summed E-state index contributed by atoms with van der Waals surface area (Å²) >= 11 is 1.74. The van der Waals surface area contributed by atoms with Crippen molar-refractivity contribution in [1.82, 2.24) is 5.32 Å². The molecular formula is C16H23NO2S. The fourth-order valence-electron chi connectivity index (χ4n) is 2.18. The molecule has 1 saturated carbocycles. The third-order valence-electron chi connectivity index (χ3n) is 3.34. The topological polar surface area (TPSA) is 49.3 Å². The van der Waals surface area contributed by atoms with Crippen molar-refractivity contribution in [2.24, 2.45) is 5.92 Å². The van der Waals surface area contributed by atoms with E-state index in [4.69, 9.17) is 0 Å². The molecule has 1 amide bonds. The summed E-state index contributed by atoms with van der Waals surface area (Å²) in [6, 6.07) is 7.15. The van der Waals surface area contributed by atoms with Crippen molar-refractivity contribution in [2.45, 2.75) is 38.6 Å². The number of hydrogen-bond donors (Lipinski definition) is 2. The van der Waals surface area contributed by atoms with Crippen LogP contribution in [-0.2, 0) is 11.2 Å². The maximum Gasteiger partial charge on any atom is 0.230 e. The lowest BCUT2D eigenvalue weighted by Gasteiger charge is -2.26. The van der Waals surface area contributed by atoms with Crippen molar-refractivity contribution in [3.63, 3.8) is 0 Å². The molecule has 3 nitrogen and oxygen atoms in total. The van der Waals surface area contributed by atoms with E-state index in [0.29, 0.717) is 5.75 Å². The number of carbonyl (C=O) groups excluding carboxylic acids is 1. The molecule has 0 unspecified atom stereocenters. The molecule has 2 N–H and O–H groups in total. The Hall–Kier alpha value is -1.16. The van der Waals surface area contributed by atoms with E-state index in [-0.39, 0.29) is 17.2 Å². The maximum absolute atomic E-state index is 11.9. The summed E-state index contributed by atoms with van der Waals surface area (Å²) in [6.07, 6.45) is 3.42. The van der Waals surface area contributed by atoms with Gasteiger partial charge in [0.25, 0.3) is 0 Å². The molecule has 0 heterocycles. The van der Waals surface area contributed by atoms with Crippen molar-refractivity contribution >= 4 is 17.7 Å². The Balaban J connectivity index is 1.76. The molecule has 0 aliphatic heterocycles. The molecule has 1 fully saturated rings. The lowest BCUT2D eigenvalue weighted by atomic mass is 9.95. The van der Waals surface area contributed by atoms with Crippen molar-refractivity contribution in [1.29, 1.82) is 0 Å². The normalized spacial score (nSPS) is 15.1. The number of amides is 1. The average Bonchev–Trinajstić information content (AvgIpc) is 3.15. The fourth-order valence-corrected chi connectivity index (χ4v) is 3.23. The molecule has 0 bridgehead atoms. The zero-order valence-electron chi connectivity index (χ0n) is 12.2. The highest BCUT2D eigenvalue weighted by molar-refractivity contribution is 7.99. The summed E-state index contributed by atoms with van der Waals surface area (Å²) in [6.45, 7) is 4.06. The Bertz CT molecular complexity index is 452. The highest BCUT2D eigenvalue weighted by Gasteiger charge is 2.23. The highest BCUT2D eigenvalue weighted by atomic mass is 32.2. The van der Waals surface area contributed by atoms with E-state index in [1.54, 1.807) is 23.9 Å². The SMILES string of the molecule is CC(C)(Cc1ccc(O)cc1)NC(=O)CSCC1CC1. The molecule has 0 spiro atoms. The van der Waals surface area contributed by atoms with Crippen LogP contribution in [0.2, 0.25) is 0 Å². The van der Waals surface area contributed by atoms with Gasteiger partial charge in [-0.25, -0.2) is 0 Å². The number of phenols is 1. The first-order chi connectivity index (χ1) is 9.44. The van der Waals surface area contributed by atoms with Crippen LogP contribution in [0.1, 0.15) is 32.3 Å². The molecule has 1 aromatic rings. The van der Waals surface area contributed by atoms with Gasteiger partial charge in [0.15, 0.2) is 0 Å². The van der Waals surface area contributed by atoms with Gasteiger partial charge in [-0.15, -0.1) is 0 Å². The number of benzene rings is 1. The first kappa shape index (κ1) is 15.2. The molecule has 0 saturated heterocycles. The van der Waals surface area contributed by atoms with Gasteiger partial charge in [0, 0.05) is 5.54 Å². The van der Waals surface area contributed by atoms with Gasteiger partial charge in [0.2, 0.25) is 5.91 Å². The second-order valence-corrected chi connectivity index (χ2v) is 7.26. The van der Waals surface area contributed by atoms with Crippen molar-refractivity contribution < 1.29 is 9.90 Å². The monoisotopic (exact) mass is 293 g/mol. The number of aromatic hydroxyl groups is 1. The van der Waals surface area contributed by atoms with E-state index in [2.05, 4.69) is 5.32 Å². The average molecular weight is 293 g/mol. The Kier molecular flexibility index (Phi) is 4.97. The predicted molar refractivity (Wildman–Crippen MR) is 84.1 cm³/mol. The second kappa shape index (κ2) is 6.53. The summed E-state index contributed by atoms with van der Waals surface area (Å²) in [5.74, 6) is 2.91. The number of phenolic OH excluding ortho intramolecular Hbond substituents is 1. The Morgan fingerprint density at radius 2 is 2.00 bits per heavy atom. The first-order valence-corrected chi connectivity index (χ1v) is 8.27. The molecule has 2 rings (SSSR count). The van der Waals surface area contributed by atoms with Crippen LogP contribution < -0.4 is 5.32 Å². The van der Waals surface area contributed by atoms with Gasteiger partial charge in [-0.2, -0.15) is 11.8 Å². The first-order valence-electron chi connectivity index (χ1n) is 7.11. The molecule has 1 aliphatic rings. The third-order valence-corrected chi connectivity index (χ3v) is 4.52. The molecule has 20 heavy (non-hydrogen) atoms. The number of nitrogens with one attached hydrogen (secondary N) is 1. The molecule has 1 aromatic carbocycles. The number of thioether (sulfide) groups is 1. The van der Waals surface area contributed by atoms with E-state index in [1.165, 1.54) is 12.8 Å². The second-order valence-electron chi connectivity index (χ2n) is 6.23. The third kappa shape index (κ3) is 5.45. The lowest BCUT2D eigenvalue weighted by Crippen LogP contribution is -2.45. The van der Waals surface area contributed by atoms with E-state index in [1.807, 2.05) is 26.0 Å². The number of hydrogen-bond acceptors (Lipinski definition) is 3. The standard InChI is InChI=1S/C16H23NO2S/c1-16(2,9-12-5-7-14(18)8-6-12)17-15(19)11-20-10-13-3-4-13/h5-8,13,18H,3-4,9-11H2,1-2H3,(H,17,19). The van der Waals surface area contributed by atoms with Gasteiger partial charge in [0.05, 0.1) is 5.75 Å². The summed E-state index contributed by atoms with van der Waals surface area (Å²) in [5, 5.41) is 12.4. The van der Waals surface area contributed by atoms with Gasteiger partial charge in [-0.05, 0) is 62.5 Å². The lowest BCUT2D eigenvalue weighted by molar-refractivity contribution is -0.120. The van der Waals surface area contributed by atoms with E-state index in [9.17, 15) is 9.90 Å². The van der Waals surface area contributed by atoms with Crippen LogP contribution in [0.25, 0.3) is 0 Å². The van der Waals surface area contributed by atoms with Crippen LogP contribution in [0.15, 0.2) is 24.3 Å². The van der Waals surface area contributed by atoms with Crippen LogP contribution in [-0.4, -0.2) is 28.1 Å². The Labute approximate surface area is 125 Å². The van der Waals surface area contributed by atoms with Crippen molar-refractivity contribution in [3.8, 4) is 5.75 Å². The minimum atomic E-state index is -0.270. The number of carbonyl (C=O) groups is 1. The zero-order chi connectivity index (χ0) is 14.6. The van der Waals surface area contributed by atoms with Crippen molar-refractivity contribution in [2.75, 3.05) is 11.5 Å². The van der Waals surface area contributed by atoms with Crippen LogP contribution in [0.4, 0.5) is 0 Å². The predicted octanol–water partition coefficient (Wildman–Crippen LogP) is 2.97. The fraction of sp³-hybridized carbons (Fsp3) is 0.562. The van der Waals surface area contributed by atoms with Gasteiger partial charge >= 0.3 is 0 Å². The van der Waals surface area contributed by atoms with Gasteiger partial charge in [-0.3, -0.25) is 4.79 Å². The maximum atomic E-state index is 11.9. The highest BCUT2D eigenvalue weighted by Crippen LogP contribution is 2.32. The van der Waals surface area contributed by atoms with E-state index in [0.717, 1.165) is 23.7 Å². The van der Waals surface area contributed by atoms with E-state index < -0.39 is 0 Å². The van der Waals surface area contributed by atoms with Gasteiger partial charge in [-0.1, -0.05) is 12.1 Å². The molecule has 4 heteroatoms. The molecule has 0 aromatic heterocycles. The molecular weight excluding hydrogens is 270 g/mol. The molecule has 0 radical (unpaired) electrons. The smallest absolute Gasteiger partial charge is 0.230 e. The van der Waals surface area contributed by atoms with Crippen molar-refractivity contribution in [3.05, 3.63) is 29.8 Å². The minimum Gasteiger partial charge on any atom is -0.508 e. The minimum absolute atomic E-state index is 0.111. The zero-order valence-corrected chi connectivity index (χ0v) is 13.0. The largest absolute Gasteiger partial charge is 0.508 e. The van der Waals surface area contributed by atoms with Crippen LogP contribution in [0.5, 0.6) is 5.75 Å². The molecule has 110 valence electrons. The summed E-state index contributed by atoms with van der Waals surface area (Å²) in [4.78, 5) is 11.9. The summed E-state index contributed by atoms with van der Waals surface area (Å²) in [5.41, 5.74) is 0.840. The van der Waals surface area contributed by atoms with Crippen LogP contribution >= 0.6 is 11.8 Å².